The number of nitrogens with one attached hydrogen (secondary N) is 1. The third kappa shape index (κ3) is 5.75. The van der Waals surface area contributed by atoms with E-state index < -0.39 is 18.0 Å². The molecule has 2 heterocycles. The number of aliphatic hydroxyl groups excluding tert-OH is 1. The van der Waals surface area contributed by atoms with Gasteiger partial charge in [0.1, 0.15) is 24.9 Å². The van der Waals surface area contributed by atoms with Gasteiger partial charge >= 0.3 is 0 Å². The average Bonchev–Trinajstić information content (AvgIpc) is 3.42. The standard InChI is InChI=1S/C25H36FN5O3/c1-25(2,3)17-8-11-30(12-9-17)23-19(29-22(32)10-13-31-16-27-15-28-31)14-21(24(23)33)34-20-7-5-4-6-18(20)26/h4-7,15-17,19,21,23-24,33H,8-14H2,1-3H3,(H,29,32)/t19-,21-,23+,24+/m1/s1. The number of amides is 1. The van der Waals surface area contributed by atoms with E-state index in [1.807, 2.05) is 0 Å². The van der Waals surface area contributed by atoms with Gasteiger partial charge in [0.15, 0.2) is 11.6 Å². The van der Waals surface area contributed by atoms with Crippen LogP contribution in [-0.2, 0) is 11.3 Å². The first kappa shape index (κ1) is 24.6. The molecule has 2 aromatic rings. The predicted molar refractivity (Wildman–Crippen MR) is 126 cm³/mol. The van der Waals surface area contributed by atoms with Crippen molar-refractivity contribution in [3.05, 3.63) is 42.7 Å². The molecule has 1 aromatic heterocycles. The number of carbonyl (C=O) groups excluding carboxylic acids is 1. The molecule has 0 spiro atoms. The molecule has 0 radical (unpaired) electrons. The van der Waals surface area contributed by atoms with Crippen molar-refractivity contribution in [3.63, 3.8) is 0 Å². The Morgan fingerprint density at radius 3 is 2.65 bits per heavy atom. The summed E-state index contributed by atoms with van der Waals surface area (Å²) in [7, 11) is 0. The number of carbonyl (C=O) groups is 1. The lowest BCUT2D eigenvalue weighted by molar-refractivity contribution is -0.122. The summed E-state index contributed by atoms with van der Waals surface area (Å²) < 4.78 is 21.8. The molecule has 4 rings (SSSR count). The molecule has 0 bridgehead atoms. The highest BCUT2D eigenvalue weighted by Crippen LogP contribution is 2.37. The second kappa shape index (κ2) is 10.4. The van der Waals surface area contributed by atoms with Crippen molar-refractivity contribution in [3.8, 4) is 5.75 Å². The number of para-hydroxylation sites is 1. The number of piperidine rings is 1. The van der Waals surface area contributed by atoms with Gasteiger partial charge in [-0.15, -0.1) is 0 Å². The third-order valence-electron chi connectivity index (χ3n) is 7.30. The summed E-state index contributed by atoms with van der Waals surface area (Å²) in [6, 6.07) is 5.64. The van der Waals surface area contributed by atoms with Crippen molar-refractivity contribution in [1.82, 2.24) is 25.0 Å². The summed E-state index contributed by atoms with van der Waals surface area (Å²) in [6.45, 7) is 8.94. The van der Waals surface area contributed by atoms with Crippen LogP contribution in [0.3, 0.4) is 0 Å². The number of ether oxygens (including phenoxy) is 1. The number of hydrogen-bond donors (Lipinski definition) is 2. The van der Waals surface area contributed by atoms with E-state index in [1.54, 1.807) is 29.2 Å². The molecule has 186 valence electrons. The molecule has 1 saturated carbocycles. The number of rotatable bonds is 7. The van der Waals surface area contributed by atoms with Gasteiger partial charge in [-0.25, -0.2) is 9.37 Å². The van der Waals surface area contributed by atoms with Crippen molar-refractivity contribution in [1.29, 1.82) is 0 Å². The van der Waals surface area contributed by atoms with E-state index >= 15 is 0 Å². The number of hydrogen-bond acceptors (Lipinski definition) is 6. The van der Waals surface area contributed by atoms with Crippen LogP contribution >= 0.6 is 0 Å². The Morgan fingerprint density at radius 2 is 2.00 bits per heavy atom. The number of nitrogens with zero attached hydrogens (tertiary/aromatic N) is 4. The molecule has 1 aliphatic heterocycles. The van der Waals surface area contributed by atoms with Crippen LogP contribution in [0.4, 0.5) is 4.39 Å². The Labute approximate surface area is 200 Å². The number of aromatic nitrogens is 3. The molecule has 2 fully saturated rings. The highest BCUT2D eigenvalue weighted by molar-refractivity contribution is 5.76. The summed E-state index contributed by atoms with van der Waals surface area (Å²) in [4.78, 5) is 18.9. The fourth-order valence-electron chi connectivity index (χ4n) is 5.33. The molecule has 0 unspecified atom stereocenters. The largest absolute Gasteiger partial charge is 0.485 e. The molecule has 1 aliphatic carbocycles. The fraction of sp³-hybridized carbons (Fsp3) is 0.640. The smallest absolute Gasteiger partial charge is 0.222 e. The van der Waals surface area contributed by atoms with Crippen LogP contribution < -0.4 is 10.1 Å². The minimum absolute atomic E-state index is 0.117. The molecule has 9 heteroatoms. The average molecular weight is 474 g/mol. The highest BCUT2D eigenvalue weighted by atomic mass is 19.1. The maximum absolute atomic E-state index is 14.2. The zero-order valence-corrected chi connectivity index (χ0v) is 20.2. The van der Waals surface area contributed by atoms with Gasteiger partial charge in [0.25, 0.3) is 0 Å². The van der Waals surface area contributed by atoms with E-state index in [-0.39, 0.29) is 35.6 Å². The summed E-state index contributed by atoms with van der Waals surface area (Å²) in [6.07, 6.45) is 4.31. The van der Waals surface area contributed by atoms with Gasteiger partial charge in [0.2, 0.25) is 5.91 Å². The molecular formula is C25H36FN5O3. The molecule has 2 N–H and O–H groups in total. The van der Waals surface area contributed by atoms with Crippen molar-refractivity contribution in [2.24, 2.45) is 11.3 Å². The minimum Gasteiger partial charge on any atom is -0.485 e. The first-order chi connectivity index (χ1) is 16.2. The summed E-state index contributed by atoms with van der Waals surface area (Å²) in [5.41, 5.74) is 0.242. The van der Waals surface area contributed by atoms with Crippen LogP contribution in [0.1, 0.15) is 46.5 Å². The third-order valence-corrected chi connectivity index (χ3v) is 7.30. The van der Waals surface area contributed by atoms with Crippen LogP contribution in [0.5, 0.6) is 5.75 Å². The maximum Gasteiger partial charge on any atom is 0.222 e. The van der Waals surface area contributed by atoms with E-state index in [2.05, 4.69) is 41.1 Å². The zero-order chi connectivity index (χ0) is 24.3. The van der Waals surface area contributed by atoms with E-state index in [0.717, 1.165) is 25.9 Å². The monoisotopic (exact) mass is 473 g/mol. The van der Waals surface area contributed by atoms with E-state index in [4.69, 9.17) is 4.74 Å². The Bertz CT molecular complexity index is 940. The quantitative estimate of drug-likeness (QED) is 0.642. The second-order valence-corrected chi connectivity index (χ2v) is 10.6. The lowest BCUT2D eigenvalue weighted by Gasteiger charge is -2.43. The van der Waals surface area contributed by atoms with Crippen LogP contribution in [0.2, 0.25) is 0 Å². The molecule has 34 heavy (non-hydrogen) atoms. The lowest BCUT2D eigenvalue weighted by Crippen LogP contribution is -2.56. The van der Waals surface area contributed by atoms with Gasteiger partial charge in [-0.3, -0.25) is 14.4 Å². The van der Waals surface area contributed by atoms with Crippen molar-refractivity contribution in [2.45, 2.75) is 77.3 Å². The summed E-state index contributed by atoms with van der Waals surface area (Å²) >= 11 is 0. The van der Waals surface area contributed by atoms with E-state index in [9.17, 15) is 14.3 Å². The molecule has 1 amide bonds. The second-order valence-electron chi connectivity index (χ2n) is 10.6. The van der Waals surface area contributed by atoms with Crippen LogP contribution in [0.15, 0.2) is 36.9 Å². The first-order valence-electron chi connectivity index (χ1n) is 12.2. The van der Waals surface area contributed by atoms with E-state index in [1.165, 1.54) is 12.4 Å². The summed E-state index contributed by atoms with van der Waals surface area (Å²) in [5, 5.41) is 18.4. The number of aryl methyl sites for hydroxylation is 1. The fourth-order valence-corrected chi connectivity index (χ4v) is 5.33. The van der Waals surface area contributed by atoms with Crippen LogP contribution in [0.25, 0.3) is 0 Å². The first-order valence-corrected chi connectivity index (χ1v) is 12.2. The maximum atomic E-state index is 14.2. The lowest BCUT2D eigenvalue weighted by atomic mass is 9.75. The number of aliphatic hydroxyl groups is 1. The predicted octanol–water partition coefficient (Wildman–Crippen LogP) is 2.63. The van der Waals surface area contributed by atoms with Crippen molar-refractivity contribution in [2.75, 3.05) is 13.1 Å². The Kier molecular flexibility index (Phi) is 7.52. The number of benzene rings is 1. The topological polar surface area (TPSA) is 92.5 Å². The molecular weight excluding hydrogens is 437 g/mol. The number of halogens is 1. The van der Waals surface area contributed by atoms with Crippen molar-refractivity contribution < 1.29 is 19.0 Å². The molecule has 1 aromatic carbocycles. The van der Waals surface area contributed by atoms with Gasteiger partial charge in [-0.05, 0) is 49.4 Å². The Morgan fingerprint density at radius 1 is 1.26 bits per heavy atom. The zero-order valence-electron chi connectivity index (χ0n) is 20.2. The highest BCUT2D eigenvalue weighted by Gasteiger charge is 2.48. The van der Waals surface area contributed by atoms with Gasteiger partial charge in [0, 0.05) is 12.8 Å². The Balaban J connectivity index is 1.45. The van der Waals surface area contributed by atoms with Crippen LogP contribution in [0, 0.1) is 17.2 Å². The molecule has 4 atom stereocenters. The molecule has 8 nitrogen and oxygen atoms in total. The summed E-state index contributed by atoms with van der Waals surface area (Å²) in [5.74, 6) is 0.157. The molecule has 1 saturated heterocycles. The van der Waals surface area contributed by atoms with E-state index in [0.29, 0.717) is 18.9 Å². The van der Waals surface area contributed by atoms with Gasteiger partial charge in [-0.2, -0.15) is 5.10 Å². The SMILES string of the molecule is CC(C)(C)C1CCN([C@@H]2[C@@H](O)[C@H](Oc3ccccc3F)C[C@H]2NC(=O)CCn2cncn2)CC1. The Hall–Kier alpha value is -2.52. The van der Waals surface area contributed by atoms with Gasteiger partial charge < -0.3 is 15.2 Å². The van der Waals surface area contributed by atoms with Crippen LogP contribution in [-0.4, -0.2) is 68.1 Å². The van der Waals surface area contributed by atoms with Gasteiger partial charge in [0.05, 0.1) is 18.6 Å². The van der Waals surface area contributed by atoms with Crippen molar-refractivity contribution >= 4 is 5.91 Å². The number of likely N-dealkylation sites (tertiary alicyclic amines) is 1. The van der Waals surface area contributed by atoms with Gasteiger partial charge in [-0.1, -0.05) is 32.9 Å². The molecule has 2 aliphatic rings. The normalized spacial score (nSPS) is 26.5. The minimum atomic E-state index is -0.841.